The molecule has 0 N–H and O–H groups in total. The van der Waals surface area contributed by atoms with Crippen LogP contribution in [-0.4, -0.2) is 5.75 Å². The van der Waals surface area contributed by atoms with Crippen molar-refractivity contribution in [3.63, 3.8) is 0 Å². The SMILES string of the molecule is O=[S+]CC=CCl. The van der Waals surface area contributed by atoms with E-state index in [0.717, 1.165) is 0 Å². The smallest absolute Gasteiger partial charge is 0.0931 e. The van der Waals surface area contributed by atoms with E-state index in [2.05, 4.69) is 0 Å². The van der Waals surface area contributed by atoms with Gasteiger partial charge >= 0.3 is 11.7 Å². The average Bonchev–Trinajstić information content (AvgIpc) is 1.61. The molecule has 0 aromatic heterocycles. The molecular weight excluding hydrogens is 120 g/mol. The molecule has 1 nitrogen and oxygen atoms in total. The van der Waals surface area contributed by atoms with E-state index in [9.17, 15) is 4.21 Å². The van der Waals surface area contributed by atoms with E-state index in [1.54, 1.807) is 6.08 Å². The van der Waals surface area contributed by atoms with Crippen molar-refractivity contribution in [2.24, 2.45) is 0 Å². The van der Waals surface area contributed by atoms with Gasteiger partial charge in [-0.05, 0) is 6.08 Å². The monoisotopic (exact) mass is 123 g/mol. The van der Waals surface area contributed by atoms with E-state index in [1.165, 1.54) is 5.54 Å². The van der Waals surface area contributed by atoms with E-state index < -0.39 is 0 Å². The van der Waals surface area contributed by atoms with Crippen LogP contribution in [0.1, 0.15) is 0 Å². The summed E-state index contributed by atoms with van der Waals surface area (Å²) >= 11 is 5.55. The average molecular weight is 124 g/mol. The van der Waals surface area contributed by atoms with Gasteiger partial charge in [-0.15, -0.1) is 0 Å². The summed E-state index contributed by atoms with van der Waals surface area (Å²) in [5.41, 5.74) is 1.34. The summed E-state index contributed by atoms with van der Waals surface area (Å²) < 4.78 is 9.50. The second-order valence-electron chi connectivity index (χ2n) is 0.646. The first kappa shape index (κ1) is 6.05. The number of hydrogen-bond donors (Lipinski definition) is 0. The van der Waals surface area contributed by atoms with Crippen molar-refractivity contribution in [2.75, 3.05) is 5.75 Å². The third-order valence-electron chi connectivity index (χ3n) is 0.253. The van der Waals surface area contributed by atoms with Crippen LogP contribution in [0, 0.1) is 0 Å². The molecule has 3 heteroatoms. The van der Waals surface area contributed by atoms with Crippen molar-refractivity contribution < 1.29 is 4.21 Å². The molecule has 0 amide bonds. The van der Waals surface area contributed by atoms with Crippen LogP contribution in [0.3, 0.4) is 0 Å². The third kappa shape index (κ3) is 4.05. The van der Waals surface area contributed by atoms with Crippen molar-refractivity contribution in [2.45, 2.75) is 0 Å². The van der Waals surface area contributed by atoms with Crippen LogP contribution in [0.5, 0.6) is 0 Å². The summed E-state index contributed by atoms with van der Waals surface area (Å²) in [7, 11) is 0. The first-order chi connectivity index (χ1) is 2.91. The van der Waals surface area contributed by atoms with Gasteiger partial charge in [-0.3, -0.25) is 0 Å². The van der Waals surface area contributed by atoms with Crippen molar-refractivity contribution in [1.82, 2.24) is 0 Å². The Balaban J connectivity index is 2.85. The first-order valence-electron chi connectivity index (χ1n) is 1.42. The maximum atomic E-state index is 9.50. The lowest BCUT2D eigenvalue weighted by Crippen LogP contribution is -1.65. The number of rotatable bonds is 2. The molecule has 0 aromatic carbocycles. The Hall–Kier alpha value is 0.0500. The van der Waals surface area contributed by atoms with E-state index in [1.807, 2.05) is 0 Å². The summed E-state index contributed by atoms with van der Waals surface area (Å²) in [6, 6.07) is 0. The maximum absolute atomic E-state index is 9.50. The van der Waals surface area contributed by atoms with Crippen molar-refractivity contribution >= 4 is 23.3 Å². The summed E-state index contributed by atoms with van der Waals surface area (Å²) in [4.78, 5) is 0. The van der Waals surface area contributed by atoms with Gasteiger partial charge in [0.15, 0.2) is 0 Å². The van der Waals surface area contributed by atoms with Crippen LogP contribution in [0.15, 0.2) is 11.6 Å². The minimum Gasteiger partial charge on any atom is -0.0931 e. The molecule has 0 spiro atoms. The number of halogens is 1. The summed E-state index contributed by atoms with van der Waals surface area (Å²) in [6.45, 7) is 0. The fourth-order valence-electron chi connectivity index (χ4n) is 0.0757. The zero-order valence-corrected chi connectivity index (χ0v) is 4.63. The Morgan fingerprint density at radius 1 is 1.83 bits per heavy atom. The highest BCUT2D eigenvalue weighted by Gasteiger charge is 1.84. The summed E-state index contributed by atoms with van der Waals surface area (Å²) in [5, 5.41) is 0. The molecule has 0 unspecified atom stereocenters. The lowest BCUT2D eigenvalue weighted by atomic mass is 10.8. The van der Waals surface area contributed by atoms with E-state index in [-0.39, 0.29) is 0 Å². The van der Waals surface area contributed by atoms with Crippen LogP contribution in [0.4, 0.5) is 0 Å². The van der Waals surface area contributed by atoms with Crippen molar-refractivity contribution in [3.8, 4) is 0 Å². The Morgan fingerprint density at radius 3 is 2.67 bits per heavy atom. The van der Waals surface area contributed by atoms with Gasteiger partial charge in [-0.2, -0.15) is 0 Å². The zero-order chi connectivity index (χ0) is 4.83. The Labute approximate surface area is 45.5 Å². The van der Waals surface area contributed by atoms with Crippen molar-refractivity contribution in [3.05, 3.63) is 11.6 Å². The topological polar surface area (TPSA) is 17.1 Å². The highest BCUT2D eigenvalue weighted by atomic mass is 35.5. The molecule has 0 saturated carbocycles. The Kier molecular flexibility index (Phi) is 5.09. The molecule has 34 valence electrons. The van der Waals surface area contributed by atoms with Gasteiger partial charge in [0.2, 0.25) is 5.75 Å². The Bertz CT molecular complexity index is 61.8. The molecule has 0 rings (SSSR count). The normalized spacial score (nSPS) is 9.50. The van der Waals surface area contributed by atoms with E-state index in [0.29, 0.717) is 17.4 Å². The van der Waals surface area contributed by atoms with Crippen LogP contribution in [0.2, 0.25) is 0 Å². The maximum Gasteiger partial charge on any atom is 0.463 e. The fraction of sp³-hybridized carbons (Fsp3) is 0.333. The molecule has 0 radical (unpaired) electrons. The highest BCUT2D eigenvalue weighted by molar-refractivity contribution is 7.65. The van der Waals surface area contributed by atoms with Gasteiger partial charge in [-0.25, -0.2) is 0 Å². The molecule has 0 aromatic rings. The van der Waals surface area contributed by atoms with Crippen LogP contribution < -0.4 is 0 Å². The molecule has 0 aliphatic heterocycles. The largest absolute Gasteiger partial charge is 0.463 e. The minimum absolute atomic E-state index is 0.462. The van der Waals surface area contributed by atoms with Crippen LogP contribution >= 0.6 is 11.6 Å². The molecule has 0 saturated heterocycles. The molecule has 6 heavy (non-hydrogen) atoms. The number of hydrogen-bond acceptors (Lipinski definition) is 1. The summed E-state index contributed by atoms with van der Waals surface area (Å²) in [6.07, 6.45) is 1.60. The molecule has 0 fully saturated rings. The van der Waals surface area contributed by atoms with Crippen LogP contribution in [0.25, 0.3) is 0 Å². The minimum atomic E-state index is 0.462. The predicted molar refractivity (Wildman–Crippen MR) is 27.9 cm³/mol. The molecule has 0 heterocycles. The van der Waals surface area contributed by atoms with Gasteiger partial charge in [-0.1, -0.05) is 11.6 Å². The third-order valence-corrected chi connectivity index (χ3v) is 0.760. The standard InChI is InChI=1S/C3H4ClOS/c4-2-1-3-6-5/h1-2H,3H2/q+1. The second kappa shape index (κ2) is 5.05. The van der Waals surface area contributed by atoms with Gasteiger partial charge in [0.25, 0.3) is 0 Å². The molecular formula is C3H4ClOS+. The van der Waals surface area contributed by atoms with Gasteiger partial charge < -0.3 is 0 Å². The lowest BCUT2D eigenvalue weighted by molar-refractivity contribution is 0.606. The van der Waals surface area contributed by atoms with E-state index in [4.69, 9.17) is 11.6 Å². The zero-order valence-electron chi connectivity index (χ0n) is 3.06. The van der Waals surface area contributed by atoms with Gasteiger partial charge in [0, 0.05) is 9.74 Å². The quantitative estimate of drug-likeness (QED) is 0.504. The molecule has 0 atom stereocenters. The predicted octanol–water partition coefficient (Wildman–Crippen LogP) is 1.17. The summed E-state index contributed by atoms with van der Waals surface area (Å²) in [5.74, 6) is 0.462. The fourth-order valence-corrected chi connectivity index (χ4v) is 0.445. The van der Waals surface area contributed by atoms with Gasteiger partial charge in [0.05, 0.1) is 0 Å². The first-order valence-corrected chi connectivity index (χ1v) is 2.76. The molecule has 0 bridgehead atoms. The van der Waals surface area contributed by atoms with E-state index >= 15 is 0 Å². The highest BCUT2D eigenvalue weighted by Crippen LogP contribution is 1.74. The van der Waals surface area contributed by atoms with Gasteiger partial charge in [0.1, 0.15) is 0 Å². The Morgan fingerprint density at radius 2 is 2.50 bits per heavy atom. The van der Waals surface area contributed by atoms with Crippen molar-refractivity contribution in [1.29, 1.82) is 0 Å². The van der Waals surface area contributed by atoms with Crippen LogP contribution in [-0.2, 0) is 15.9 Å². The second-order valence-corrected chi connectivity index (χ2v) is 1.47. The lowest BCUT2D eigenvalue weighted by Gasteiger charge is -1.51. The molecule has 0 aliphatic carbocycles. The molecule has 0 aliphatic rings.